The van der Waals surface area contributed by atoms with Crippen molar-refractivity contribution in [3.63, 3.8) is 0 Å². The van der Waals surface area contributed by atoms with Crippen LogP contribution in [0, 0.1) is 5.41 Å². The van der Waals surface area contributed by atoms with Gasteiger partial charge in [0.25, 0.3) is 0 Å². The van der Waals surface area contributed by atoms with Crippen molar-refractivity contribution in [2.75, 3.05) is 12.4 Å². The number of anilines is 1. The number of hydrogen-bond donors (Lipinski definition) is 3. The van der Waals surface area contributed by atoms with Gasteiger partial charge in [0.15, 0.2) is 0 Å². The van der Waals surface area contributed by atoms with Gasteiger partial charge in [0.2, 0.25) is 0 Å². The molecule has 0 aromatic heterocycles. The quantitative estimate of drug-likeness (QED) is 0.440. The summed E-state index contributed by atoms with van der Waals surface area (Å²) >= 11 is 1.91. The number of benzene rings is 1. The first-order chi connectivity index (χ1) is 5.65. The smallest absolute Gasteiger partial charge is 0.116 e. The van der Waals surface area contributed by atoms with Crippen molar-refractivity contribution in [1.82, 2.24) is 0 Å². The topological polar surface area (TPSA) is 56.1 Å². The lowest BCUT2D eigenvalue weighted by Crippen LogP contribution is -1.97. The van der Waals surface area contributed by atoms with Crippen molar-refractivity contribution in [2.24, 2.45) is 0 Å². The van der Waals surface area contributed by atoms with E-state index in [9.17, 15) is 0 Å². The summed E-state index contributed by atoms with van der Waals surface area (Å²) in [6, 6.07) is 4.91. The molecular weight excluding hydrogens is 267 g/mol. The molecule has 12 heavy (non-hydrogen) atoms. The van der Waals surface area contributed by atoms with Crippen LogP contribution in [0.1, 0.15) is 5.56 Å². The third-order valence-electron chi connectivity index (χ3n) is 1.51. The highest BCUT2D eigenvalue weighted by Crippen LogP contribution is 2.22. The lowest BCUT2D eigenvalue weighted by Gasteiger charge is -2.06. The molecule has 1 rings (SSSR count). The van der Waals surface area contributed by atoms with Gasteiger partial charge in [-0.05, 0) is 40.8 Å². The first-order valence-electron chi connectivity index (χ1n) is 3.40. The van der Waals surface area contributed by atoms with E-state index >= 15 is 0 Å². The Labute approximate surface area is 84.5 Å². The minimum atomic E-state index is 0.186. The van der Waals surface area contributed by atoms with E-state index in [2.05, 4.69) is 5.32 Å². The largest absolute Gasteiger partial charge is 0.508 e. The van der Waals surface area contributed by atoms with E-state index < -0.39 is 0 Å². The zero-order valence-corrected chi connectivity index (χ0v) is 8.71. The van der Waals surface area contributed by atoms with Crippen molar-refractivity contribution in [1.29, 1.82) is 5.41 Å². The number of phenols is 1. The van der Waals surface area contributed by atoms with Gasteiger partial charge in [0, 0.05) is 18.3 Å². The predicted molar refractivity (Wildman–Crippen MR) is 58.5 cm³/mol. The maximum atomic E-state index is 9.15. The molecule has 1 aromatic rings. The van der Waals surface area contributed by atoms with Crippen molar-refractivity contribution in [2.45, 2.75) is 0 Å². The normalized spacial score (nSPS) is 9.50. The molecule has 64 valence electrons. The minimum absolute atomic E-state index is 0.186. The number of halogens is 1. The van der Waals surface area contributed by atoms with Crippen molar-refractivity contribution < 1.29 is 5.11 Å². The van der Waals surface area contributed by atoms with Crippen LogP contribution < -0.4 is 5.32 Å². The molecule has 0 aliphatic carbocycles. The Hall–Kier alpha value is -0.780. The predicted octanol–water partition coefficient (Wildman–Crippen LogP) is 2.19. The van der Waals surface area contributed by atoms with Gasteiger partial charge in [-0.25, -0.2) is 0 Å². The molecule has 0 fully saturated rings. The van der Waals surface area contributed by atoms with Crippen LogP contribution >= 0.6 is 22.6 Å². The molecule has 0 saturated heterocycles. The van der Waals surface area contributed by atoms with Gasteiger partial charge in [-0.15, -0.1) is 0 Å². The number of nitrogens with one attached hydrogen (secondary N) is 2. The van der Waals surface area contributed by atoms with Gasteiger partial charge < -0.3 is 10.4 Å². The highest BCUT2D eigenvalue weighted by molar-refractivity contribution is 14.1. The molecule has 0 saturated carbocycles. The van der Waals surface area contributed by atoms with Gasteiger partial charge >= 0.3 is 0 Å². The zero-order chi connectivity index (χ0) is 9.14. The Morgan fingerprint density at radius 1 is 1.58 bits per heavy atom. The monoisotopic (exact) mass is 276 g/mol. The zero-order valence-electron chi connectivity index (χ0n) is 6.56. The Bertz CT molecular complexity index is 312. The summed E-state index contributed by atoms with van der Waals surface area (Å²) in [5.41, 5.74) is 1.57. The van der Waals surface area contributed by atoms with Crippen LogP contribution in [0.15, 0.2) is 18.2 Å². The van der Waals surface area contributed by atoms with Gasteiger partial charge in [-0.1, -0.05) is 0 Å². The Kier molecular flexibility index (Phi) is 2.91. The second-order valence-electron chi connectivity index (χ2n) is 2.29. The number of phenolic OH excluding ortho intramolecular Hbond substituents is 1. The molecule has 0 aliphatic rings. The van der Waals surface area contributed by atoms with Crippen molar-refractivity contribution in [3.05, 3.63) is 23.8 Å². The van der Waals surface area contributed by atoms with Crippen molar-refractivity contribution >= 4 is 32.0 Å². The summed E-state index contributed by atoms with van der Waals surface area (Å²) in [6.45, 7) is 0. The van der Waals surface area contributed by atoms with Crippen LogP contribution in [0.25, 0.3) is 0 Å². The fraction of sp³-hybridized carbons (Fsp3) is 0.125. The molecule has 0 bridgehead atoms. The summed E-state index contributed by atoms with van der Waals surface area (Å²) < 4.78 is 0.410. The van der Waals surface area contributed by atoms with E-state index in [0.29, 0.717) is 3.72 Å². The van der Waals surface area contributed by atoms with Gasteiger partial charge in [0.05, 0.1) is 0 Å². The maximum Gasteiger partial charge on any atom is 0.116 e. The van der Waals surface area contributed by atoms with Crippen LogP contribution in [0.4, 0.5) is 5.69 Å². The minimum Gasteiger partial charge on any atom is -0.508 e. The number of aromatic hydroxyl groups is 1. The van der Waals surface area contributed by atoms with Crippen LogP contribution in [-0.2, 0) is 0 Å². The van der Waals surface area contributed by atoms with Gasteiger partial charge in [-0.3, -0.25) is 5.41 Å². The molecular formula is C8H9IN2O. The van der Waals surface area contributed by atoms with E-state index in [1.54, 1.807) is 25.2 Å². The van der Waals surface area contributed by atoms with Crippen molar-refractivity contribution in [3.8, 4) is 5.75 Å². The molecule has 4 heteroatoms. The summed E-state index contributed by atoms with van der Waals surface area (Å²) in [6.07, 6.45) is 0. The highest BCUT2D eigenvalue weighted by Gasteiger charge is 2.04. The molecule has 0 atom stereocenters. The summed E-state index contributed by atoms with van der Waals surface area (Å²) in [5, 5.41) is 19.5. The third kappa shape index (κ3) is 1.88. The van der Waals surface area contributed by atoms with Crippen LogP contribution in [0.5, 0.6) is 5.75 Å². The number of rotatable bonds is 2. The van der Waals surface area contributed by atoms with E-state index in [4.69, 9.17) is 10.5 Å². The maximum absolute atomic E-state index is 9.15. The standard InChI is InChI=1S/C8H9IN2O/c1-11-7-3-2-5(12)4-6(7)8(9)10/h2-4,10-12H,1H3. The van der Waals surface area contributed by atoms with Crippen LogP contribution in [0.2, 0.25) is 0 Å². The molecule has 3 nitrogen and oxygen atoms in total. The molecule has 1 aromatic carbocycles. The van der Waals surface area contributed by atoms with Crippen LogP contribution in [0.3, 0.4) is 0 Å². The third-order valence-corrected chi connectivity index (χ3v) is 2.09. The second-order valence-corrected chi connectivity index (χ2v) is 3.37. The van der Waals surface area contributed by atoms with E-state index in [1.165, 1.54) is 0 Å². The average molecular weight is 276 g/mol. The lowest BCUT2D eigenvalue weighted by molar-refractivity contribution is 0.475. The lowest BCUT2D eigenvalue weighted by atomic mass is 10.2. The SMILES string of the molecule is CNc1ccc(O)cc1C(=N)I. The molecule has 0 radical (unpaired) electrons. The molecule has 0 unspecified atom stereocenters. The highest BCUT2D eigenvalue weighted by atomic mass is 127. The summed E-state index contributed by atoms with van der Waals surface area (Å²) in [5.74, 6) is 0.186. The Morgan fingerprint density at radius 3 is 2.75 bits per heavy atom. The molecule has 0 aliphatic heterocycles. The first-order valence-corrected chi connectivity index (χ1v) is 4.48. The Morgan fingerprint density at radius 2 is 2.25 bits per heavy atom. The van der Waals surface area contributed by atoms with E-state index in [1.807, 2.05) is 22.6 Å². The summed E-state index contributed by atoms with van der Waals surface area (Å²) in [4.78, 5) is 0. The molecule has 0 amide bonds. The van der Waals surface area contributed by atoms with E-state index in [0.717, 1.165) is 11.3 Å². The molecule has 0 spiro atoms. The molecule has 0 heterocycles. The fourth-order valence-electron chi connectivity index (χ4n) is 0.932. The summed E-state index contributed by atoms with van der Waals surface area (Å²) in [7, 11) is 1.79. The fourth-order valence-corrected chi connectivity index (χ4v) is 1.38. The Balaban J connectivity index is 3.21. The van der Waals surface area contributed by atoms with Crippen LogP contribution in [-0.4, -0.2) is 15.9 Å². The van der Waals surface area contributed by atoms with Gasteiger partial charge in [0.1, 0.15) is 9.47 Å². The van der Waals surface area contributed by atoms with E-state index in [-0.39, 0.29) is 5.75 Å². The first kappa shape index (κ1) is 9.31. The molecule has 3 N–H and O–H groups in total. The van der Waals surface area contributed by atoms with Gasteiger partial charge in [-0.2, -0.15) is 0 Å². The average Bonchev–Trinajstić information content (AvgIpc) is 2.04. The second kappa shape index (κ2) is 3.75. The number of hydrogen-bond acceptors (Lipinski definition) is 3.